The molecule has 1 N–H and O–H groups in total. The van der Waals surface area contributed by atoms with Gasteiger partial charge in [-0.15, -0.1) is 0 Å². The number of rotatable bonds is 4. The Hall–Kier alpha value is -2.47. The van der Waals surface area contributed by atoms with Gasteiger partial charge in [-0.05, 0) is 29.8 Å². The lowest BCUT2D eigenvalue weighted by atomic mass is 10.2. The van der Waals surface area contributed by atoms with Crippen molar-refractivity contribution in [2.24, 2.45) is 0 Å². The third kappa shape index (κ3) is 2.80. The van der Waals surface area contributed by atoms with Gasteiger partial charge in [0, 0.05) is 12.7 Å². The first-order chi connectivity index (χ1) is 8.83. The normalized spacial score (nSPS) is 9.56. The zero-order chi connectivity index (χ0) is 12.8. The smallest absolute Gasteiger partial charge is 0.137 e. The Labute approximate surface area is 107 Å². The first-order valence-corrected chi connectivity index (χ1v) is 5.72. The van der Waals surface area contributed by atoms with Crippen molar-refractivity contribution in [1.82, 2.24) is 0 Å². The van der Waals surface area contributed by atoms with Crippen LogP contribution < -0.4 is 10.1 Å². The fraction of sp³-hybridized carbons (Fsp3) is 0.133. The van der Waals surface area contributed by atoms with Crippen LogP contribution in [0.25, 0.3) is 0 Å². The lowest BCUT2D eigenvalue weighted by Gasteiger charge is -2.08. The largest absolute Gasteiger partial charge is 0.488 e. The minimum Gasteiger partial charge on any atom is -0.488 e. The average molecular weight is 238 g/mol. The van der Waals surface area contributed by atoms with Crippen molar-refractivity contribution in [1.29, 1.82) is 5.26 Å². The Morgan fingerprint density at radius 1 is 1.17 bits per heavy atom. The minimum atomic E-state index is 0.453. The molecule has 3 nitrogen and oxygen atoms in total. The summed E-state index contributed by atoms with van der Waals surface area (Å²) in [5.41, 5.74) is 2.67. The maximum Gasteiger partial charge on any atom is 0.137 e. The van der Waals surface area contributed by atoms with Crippen molar-refractivity contribution >= 4 is 5.69 Å². The molecule has 0 heterocycles. The zero-order valence-corrected chi connectivity index (χ0v) is 10.2. The van der Waals surface area contributed by atoms with Gasteiger partial charge in [-0.25, -0.2) is 0 Å². The summed E-state index contributed by atoms with van der Waals surface area (Å²) in [7, 11) is 1.88. The summed E-state index contributed by atoms with van der Waals surface area (Å²) in [6, 6.07) is 17.3. The number of nitriles is 1. The molecule has 0 aliphatic carbocycles. The summed E-state index contributed by atoms with van der Waals surface area (Å²) in [6.07, 6.45) is 0. The van der Waals surface area contributed by atoms with Crippen molar-refractivity contribution in [3.8, 4) is 11.8 Å². The Kier molecular flexibility index (Phi) is 3.83. The molecule has 0 atom stereocenters. The van der Waals surface area contributed by atoms with E-state index in [4.69, 9.17) is 10.00 Å². The molecule has 0 spiro atoms. The Balaban J connectivity index is 2.09. The number of nitrogens with one attached hydrogen (secondary N) is 1. The van der Waals surface area contributed by atoms with Gasteiger partial charge in [0.25, 0.3) is 0 Å². The third-order valence-corrected chi connectivity index (χ3v) is 2.62. The molecule has 0 fully saturated rings. The summed E-state index contributed by atoms with van der Waals surface area (Å²) < 4.78 is 5.66. The van der Waals surface area contributed by atoms with Crippen molar-refractivity contribution in [2.45, 2.75) is 6.61 Å². The zero-order valence-electron chi connectivity index (χ0n) is 10.2. The van der Waals surface area contributed by atoms with Crippen LogP contribution in [-0.4, -0.2) is 7.05 Å². The second kappa shape index (κ2) is 5.74. The van der Waals surface area contributed by atoms with Crippen molar-refractivity contribution in [2.75, 3.05) is 12.4 Å². The molecule has 0 bridgehead atoms. The molecule has 0 saturated heterocycles. The van der Waals surface area contributed by atoms with Crippen LogP contribution in [0.2, 0.25) is 0 Å². The molecule has 90 valence electrons. The SMILES string of the molecule is CNc1cccc(COc2ccccc2C#N)c1. The fourth-order valence-corrected chi connectivity index (χ4v) is 1.66. The standard InChI is InChI=1S/C15H14N2O/c1-17-14-7-4-5-12(9-14)11-18-15-8-3-2-6-13(15)10-16/h2-9,17H,11H2,1H3. The molecule has 0 aliphatic heterocycles. The van der Waals surface area contributed by atoms with Gasteiger partial charge in [0.1, 0.15) is 18.4 Å². The lowest BCUT2D eigenvalue weighted by Crippen LogP contribution is -1.98. The number of anilines is 1. The van der Waals surface area contributed by atoms with Gasteiger partial charge in [-0.2, -0.15) is 5.26 Å². The number of para-hydroxylation sites is 1. The predicted molar refractivity (Wildman–Crippen MR) is 71.5 cm³/mol. The van der Waals surface area contributed by atoms with E-state index in [0.717, 1.165) is 11.3 Å². The van der Waals surface area contributed by atoms with Crippen molar-refractivity contribution in [3.63, 3.8) is 0 Å². The van der Waals surface area contributed by atoms with Gasteiger partial charge in [-0.1, -0.05) is 24.3 Å². The van der Waals surface area contributed by atoms with Crippen LogP contribution in [0.3, 0.4) is 0 Å². The van der Waals surface area contributed by atoms with E-state index in [1.165, 1.54) is 0 Å². The maximum absolute atomic E-state index is 8.96. The van der Waals surface area contributed by atoms with Gasteiger partial charge >= 0.3 is 0 Å². The molecule has 0 aliphatic rings. The van der Waals surface area contributed by atoms with Crippen LogP contribution >= 0.6 is 0 Å². The molecule has 0 radical (unpaired) electrons. The van der Waals surface area contributed by atoms with Crippen molar-refractivity contribution < 1.29 is 4.74 Å². The minimum absolute atomic E-state index is 0.453. The van der Waals surface area contributed by atoms with Crippen LogP contribution in [0.4, 0.5) is 5.69 Å². The van der Waals surface area contributed by atoms with Gasteiger partial charge < -0.3 is 10.1 Å². The molecule has 18 heavy (non-hydrogen) atoms. The second-order valence-electron chi connectivity index (χ2n) is 3.85. The molecule has 2 rings (SSSR count). The average Bonchev–Trinajstić information content (AvgIpc) is 2.45. The number of ether oxygens (including phenoxy) is 1. The fourth-order valence-electron chi connectivity index (χ4n) is 1.66. The molecule has 2 aromatic carbocycles. The van der Waals surface area contributed by atoms with Gasteiger partial charge in [-0.3, -0.25) is 0 Å². The third-order valence-electron chi connectivity index (χ3n) is 2.62. The van der Waals surface area contributed by atoms with E-state index in [0.29, 0.717) is 17.9 Å². The lowest BCUT2D eigenvalue weighted by molar-refractivity contribution is 0.305. The first-order valence-electron chi connectivity index (χ1n) is 5.72. The van der Waals surface area contributed by atoms with E-state index >= 15 is 0 Å². The molecule has 0 amide bonds. The highest BCUT2D eigenvalue weighted by atomic mass is 16.5. The maximum atomic E-state index is 8.96. The number of benzene rings is 2. The molecule has 0 aromatic heterocycles. The van der Waals surface area contributed by atoms with E-state index in [1.54, 1.807) is 12.1 Å². The molecular weight excluding hydrogens is 224 g/mol. The van der Waals surface area contributed by atoms with Crippen molar-refractivity contribution in [3.05, 3.63) is 59.7 Å². The molecular formula is C15H14N2O. The molecule has 0 unspecified atom stereocenters. The summed E-state index contributed by atoms with van der Waals surface area (Å²) in [6.45, 7) is 0.453. The number of nitrogens with zero attached hydrogens (tertiary/aromatic N) is 1. The monoisotopic (exact) mass is 238 g/mol. The molecule has 3 heteroatoms. The topological polar surface area (TPSA) is 45.0 Å². The summed E-state index contributed by atoms with van der Waals surface area (Å²) >= 11 is 0. The highest BCUT2D eigenvalue weighted by Gasteiger charge is 2.02. The van der Waals surface area contributed by atoms with E-state index < -0.39 is 0 Å². The molecule has 0 saturated carbocycles. The quantitative estimate of drug-likeness (QED) is 0.889. The number of hydrogen-bond donors (Lipinski definition) is 1. The Morgan fingerprint density at radius 2 is 2.00 bits per heavy atom. The summed E-state index contributed by atoms with van der Waals surface area (Å²) in [5.74, 6) is 0.620. The highest BCUT2D eigenvalue weighted by molar-refractivity contribution is 5.45. The second-order valence-corrected chi connectivity index (χ2v) is 3.85. The highest BCUT2D eigenvalue weighted by Crippen LogP contribution is 2.19. The Morgan fingerprint density at radius 3 is 2.78 bits per heavy atom. The molecule has 2 aromatic rings. The van der Waals surface area contributed by atoms with E-state index in [9.17, 15) is 0 Å². The van der Waals surface area contributed by atoms with Gasteiger partial charge in [0.2, 0.25) is 0 Å². The van der Waals surface area contributed by atoms with Gasteiger partial charge in [0.15, 0.2) is 0 Å². The van der Waals surface area contributed by atoms with Gasteiger partial charge in [0.05, 0.1) is 5.56 Å². The van der Waals surface area contributed by atoms with E-state index in [-0.39, 0.29) is 0 Å². The van der Waals surface area contributed by atoms with E-state index in [1.807, 2.05) is 43.4 Å². The Bertz CT molecular complexity index is 573. The van der Waals surface area contributed by atoms with Crippen LogP contribution in [0.15, 0.2) is 48.5 Å². The van der Waals surface area contributed by atoms with Crippen LogP contribution in [0.1, 0.15) is 11.1 Å². The van der Waals surface area contributed by atoms with Crippen LogP contribution in [-0.2, 0) is 6.61 Å². The van der Waals surface area contributed by atoms with Crippen LogP contribution in [0, 0.1) is 11.3 Å². The summed E-state index contributed by atoms with van der Waals surface area (Å²) in [5, 5.41) is 12.0. The summed E-state index contributed by atoms with van der Waals surface area (Å²) in [4.78, 5) is 0. The van der Waals surface area contributed by atoms with E-state index in [2.05, 4.69) is 11.4 Å². The predicted octanol–water partition coefficient (Wildman–Crippen LogP) is 3.18. The number of hydrogen-bond acceptors (Lipinski definition) is 3. The first kappa shape index (κ1) is 12.0. The van der Waals surface area contributed by atoms with Crippen LogP contribution in [0.5, 0.6) is 5.75 Å².